The smallest absolute Gasteiger partial charge is 0.191 e. The number of hydrogen-bond donors (Lipinski definition) is 0. The summed E-state index contributed by atoms with van der Waals surface area (Å²) in [6.45, 7) is 2.44. The van der Waals surface area contributed by atoms with Gasteiger partial charge in [-0.25, -0.2) is 0 Å². The van der Waals surface area contributed by atoms with E-state index in [1.165, 1.54) is 0 Å². The summed E-state index contributed by atoms with van der Waals surface area (Å²) in [7, 11) is 1.93. The predicted octanol–water partition coefficient (Wildman–Crippen LogP) is 5.55. The Hall–Kier alpha value is -1.69. The van der Waals surface area contributed by atoms with Crippen LogP contribution in [0.5, 0.6) is 5.75 Å². The van der Waals surface area contributed by atoms with Crippen LogP contribution in [0.1, 0.15) is 23.6 Å². The number of nitrogens with zero attached hydrogens (tertiary/aromatic N) is 3. The van der Waals surface area contributed by atoms with Gasteiger partial charge in [-0.1, -0.05) is 53.2 Å². The normalized spacial score (nSPS) is 12.2. The first-order valence-corrected chi connectivity index (χ1v) is 9.36. The predicted molar refractivity (Wildman–Crippen MR) is 103 cm³/mol. The largest absolute Gasteiger partial charge is 0.486 e. The number of rotatable bonds is 6. The molecule has 7 heteroatoms. The van der Waals surface area contributed by atoms with E-state index in [2.05, 4.69) is 17.1 Å². The van der Waals surface area contributed by atoms with Gasteiger partial charge in [-0.3, -0.25) is 0 Å². The van der Waals surface area contributed by atoms with Crippen LogP contribution in [0, 0.1) is 0 Å². The summed E-state index contributed by atoms with van der Waals surface area (Å²) in [6.07, 6.45) is 0. The van der Waals surface area contributed by atoms with Crippen LogP contribution in [0.3, 0.4) is 0 Å². The summed E-state index contributed by atoms with van der Waals surface area (Å²) < 4.78 is 7.68. The summed E-state index contributed by atoms with van der Waals surface area (Å²) in [5, 5.41) is 10.9. The average molecular weight is 394 g/mol. The highest BCUT2D eigenvalue weighted by atomic mass is 35.5. The van der Waals surface area contributed by atoms with Crippen molar-refractivity contribution in [2.75, 3.05) is 0 Å². The van der Waals surface area contributed by atoms with Gasteiger partial charge in [-0.15, -0.1) is 10.2 Å². The molecule has 0 fully saturated rings. The SMILES string of the molecule is C[C@@H](Sc1nnc(COc2ccc(Cl)cc2)n1C)c1ccccc1Cl. The molecule has 1 heterocycles. The molecule has 130 valence electrons. The van der Waals surface area contributed by atoms with E-state index in [-0.39, 0.29) is 5.25 Å². The van der Waals surface area contributed by atoms with Crippen LogP contribution in [0.15, 0.2) is 53.7 Å². The van der Waals surface area contributed by atoms with E-state index >= 15 is 0 Å². The van der Waals surface area contributed by atoms with Gasteiger partial charge in [0.05, 0.1) is 0 Å². The third kappa shape index (κ3) is 4.48. The van der Waals surface area contributed by atoms with E-state index in [1.807, 2.05) is 48.0 Å². The first-order chi connectivity index (χ1) is 12.0. The highest BCUT2D eigenvalue weighted by Gasteiger charge is 2.16. The van der Waals surface area contributed by atoms with Crippen LogP contribution in [-0.2, 0) is 13.7 Å². The Kier molecular flexibility index (Phi) is 5.89. The maximum Gasteiger partial charge on any atom is 0.191 e. The Labute approximate surface area is 161 Å². The van der Waals surface area contributed by atoms with Crippen molar-refractivity contribution in [3.8, 4) is 5.75 Å². The molecule has 25 heavy (non-hydrogen) atoms. The fraction of sp³-hybridized carbons (Fsp3) is 0.222. The zero-order chi connectivity index (χ0) is 17.8. The fourth-order valence-electron chi connectivity index (χ4n) is 2.28. The number of halogens is 2. The van der Waals surface area contributed by atoms with Crippen molar-refractivity contribution in [1.82, 2.24) is 14.8 Å². The minimum Gasteiger partial charge on any atom is -0.486 e. The lowest BCUT2D eigenvalue weighted by Crippen LogP contribution is -2.04. The molecule has 0 aliphatic rings. The van der Waals surface area contributed by atoms with Crippen molar-refractivity contribution in [2.24, 2.45) is 7.05 Å². The number of benzene rings is 2. The van der Waals surface area contributed by atoms with E-state index in [1.54, 1.807) is 23.9 Å². The summed E-state index contributed by atoms with van der Waals surface area (Å²) in [5.74, 6) is 1.50. The fourth-order valence-corrected chi connectivity index (χ4v) is 3.77. The quantitative estimate of drug-likeness (QED) is 0.514. The molecule has 0 aliphatic heterocycles. The molecule has 3 rings (SSSR count). The van der Waals surface area contributed by atoms with Gasteiger partial charge >= 0.3 is 0 Å². The minimum absolute atomic E-state index is 0.168. The Morgan fingerprint density at radius 3 is 2.52 bits per heavy atom. The summed E-state index contributed by atoms with van der Waals surface area (Å²) in [6, 6.07) is 15.1. The second-order valence-corrected chi connectivity index (χ2v) is 7.63. The van der Waals surface area contributed by atoms with Gasteiger partial charge < -0.3 is 9.30 Å². The van der Waals surface area contributed by atoms with Gasteiger partial charge in [0.2, 0.25) is 0 Å². The van der Waals surface area contributed by atoms with Crippen LogP contribution in [0.4, 0.5) is 0 Å². The number of hydrogen-bond acceptors (Lipinski definition) is 4. The van der Waals surface area contributed by atoms with Gasteiger partial charge in [0.15, 0.2) is 11.0 Å². The lowest BCUT2D eigenvalue weighted by molar-refractivity contribution is 0.290. The van der Waals surface area contributed by atoms with Gasteiger partial charge in [0, 0.05) is 22.3 Å². The van der Waals surface area contributed by atoms with Crippen LogP contribution in [0.2, 0.25) is 10.0 Å². The Morgan fingerprint density at radius 2 is 1.80 bits per heavy atom. The van der Waals surface area contributed by atoms with Crippen molar-refractivity contribution < 1.29 is 4.74 Å². The molecule has 0 bridgehead atoms. The molecule has 0 saturated carbocycles. The zero-order valence-corrected chi connectivity index (χ0v) is 16.1. The van der Waals surface area contributed by atoms with E-state index in [0.29, 0.717) is 11.6 Å². The first-order valence-electron chi connectivity index (χ1n) is 7.72. The van der Waals surface area contributed by atoms with Crippen molar-refractivity contribution in [2.45, 2.75) is 23.9 Å². The lowest BCUT2D eigenvalue weighted by atomic mass is 10.2. The zero-order valence-electron chi connectivity index (χ0n) is 13.8. The van der Waals surface area contributed by atoms with Gasteiger partial charge in [-0.2, -0.15) is 0 Å². The molecule has 2 aromatic carbocycles. The number of thioether (sulfide) groups is 1. The van der Waals surface area contributed by atoms with E-state index in [0.717, 1.165) is 27.3 Å². The Balaban J connectivity index is 1.66. The molecule has 0 N–H and O–H groups in total. The number of aromatic nitrogens is 3. The minimum atomic E-state index is 0.168. The maximum atomic E-state index is 6.27. The molecule has 0 aliphatic carbocycles. The Morgan fingerprint density at radius 1 is 1.08 bits per heavy atom. The molecule has 1 atom stereocenters. The summed E-state index contributed by atoms with van der Waals surface area (Å²) in [5.41, 5.74) is 1.08. The summed E-state index contributed by atoms with van der Waals surface area (Å²) in [4.78, 5) is 0. The van der Waals surface area contributed by atoms with Crippen molar-refractivity contribution in [1.29, 1.82) is 0 Å². The highest BCUT2D eigenvalue weighted by Crippen LogP contribution is 2.36. The molecule has 0 amide bonds. The molecular weight excluding hydrogens is 377 g/mol. The molecule has 4 nitrogen and oxygen atoms in total. The topological polar surface area (TPSA) is 39.9 Å². The van der Waals surface area contributed by atoms with E-state index < -0.39 is 0 Å². The third-order valence-corrected chi connectivity index (χ3v) is 5.50. The van der Waals surface area contributed by atoms with E-state index in [9.17, 15) is 0 Å². The molecular formula is C18H17Cl2N3OS. The van der Waals surface area contributed by atoms with E-state index in [4.69, 9.17) is 27.9 Å². The molecule has 3 aromatic rings. The standard InChI is InChI=1S/C18H17Cl2N3OS/c1-12(15-5-3-4-6-16(15)20)25-18-22-21-17(23(18)2)11-24-14-9-7-13(19)8-10-14/h3-10,12H,11H2,1-2H3/t12-/m1/s1. The average Bonchev–Trinajstić information content (AvgIpc) is 2.95. The third-order valence-electron chi connectivity index (χ3n) is 3.73. The second-order valence-electron chi connectivity index (χ2n) is 5.48. The number of ether oxygens (including phenoxy) is 1. The van der Waals surface area contributed by atoms with Crippen molar-refractivity contribution >= 4 is 35.0 Å². The lowest BCUT2D eigenvalue weighted by Gasteiger charge is -2.12. The van der Waals surface area contributed by atoms with Crippen LogP contribution < -0.4 is 4.74 Å². The monoisotopic (exact) mass is 393 g/mol. The van der Waals surface area contributed by atoms with Crippen molar-refractivity contribution in [3.63, 3.8) is 0 Å². The van der Waals surface area contributed by atoms with Gasteiger partial charge in [-0.05, 0) is 42.8 Å². The van der Waals surface area contributed by atoms with Gasteiger partial charge in [0.1, 0.15) is 12.4 Å². The summed E-state index contributed by atoms with van der Waals surface area (Å²) >= 11 is 13.8. The highest BCUT2D eigenvalue weighted by molar-refractivity contribution is 7.99. The molecule has 0 unspecified atom stereocenters. The molecule has 0 saturated heterocycles. The molecule has 0 radical (unpaired) electrons. The van der Waals surface area contributed by atoms with Crippen molar-refractivity contribution in [3.05, 3.63) is 70.0 Å². The van der Waals surface area contributed by atoms with Crippen LogP contribution in [-0.4, -0.2) is 14.8 Å². The Bertz CT molecular complexity index is 852. The molecule has 0 spiro atoms. The van der Waals surface area contributed by atoms with Gasteiger partial charge in [0.25, 0.3) is 0 Å². The van der Waals surface area contributed by atoms with Crippen LogP contribution in [0.25, 0.3) is 0 Å². The van der Waals surface area contributed by atoms with Crippen LogP contribution >= 0.6 is 35.0 Å². The second kappa shape index (κ2) is 8.13. The first kappa shape index (κ1) is 18.1. The maximum absolute atomic E-state index is 6.27. The molecule has 1 aromatic heterocycles.